The first kappa shape index (κ1) is 20.3. The fourth-order valence-electron chi connectivity index (χ4n) is 5.50. The molecular formula is C32H20O2. The maximum Gasteiger partial charge on any atom is 0.177 e. The molecule has 6 rings (SSSR count). The van der Waals surface area contributed by atoms with Crippen LogP contribution < -0.4 is 0 Å². The molecule has 0 radical (unpaired) electrons. The molecule has 0 saturated carbocycles. The van der Waals surface area contributed by atoms with E-state index in [-0.39, 0.29) is 0 Å². The van der Waals surface area contributed by atoms with Gasteiger partial charge in [-0.3, -0.25) is 0 Å². The molecule has 0 amide bonds. The predicted octanol–water partition coefficient (Wildman–Crippen LogP) is 5.06. The zero-order chi connectivity index (χ0) is 23.5. The van der Waals surface area contributed by atoms with Crippen molar-refractivity contribution in [2.24, 2.45) is 0 Å². The van der Waals surface area contributed by atoms with Crippen molar-refractivity contribution in [1.82, 2.24) is 0 Å². The third kappa shape index (κ3) is 2.45. The van der Waals surface area contributed by atoms with Crippen molar-refractivity contribution >= 4 is 11.1 Å². The van der Waals surface area contributed by atoms with Crippen molar-refractivity contribution in [1.29, 1.82) is 0 Å². The zero-order valence-electron chi connectivity index (χ0n) is 18.3. The van der Waals surface area contributed by atoms with Crippen molar-refractivity contribution in [2.75, 3.05) is 0 Å². The Bertz CT molecular complexity index is 1390. The van der Waals surface area contributed by atoms with Crippen LogP contribution in [0.2, 0.25) is 0 Å². The first-order valence-corrected chi connectivity index (χ1v) is 11.1. The highest BCUT2D eigenvalue weighted by molar-refractivity contribution is 6.09. The number of hydrogen-bond acceptors (Lipinski definition) is 2. The fraction of sp³-hybridized carbons (Fsp3) is 0.0625. The summed E-state index contributed by atoms with van der Waals surface area (Å²) in [5, 5.41) is 23.4. The van der Waals surface area contributed by atoms with Gasteiger partial charge >= 0.3 is 0 Å². The average molecular weight is 437 g/mol. The minimum absolute atomic E-state index is 0.659. The van der Waals surface area contributed by atoms with E-state index in [4.69, 9.17) is 12.8 Å². The van der Waals surface area contributed by atoms with E-state index in [2.05, 4.69) is 11.8 Å². The molecule has 4 aromatic carbocycles. The Morgan fingerprint density at radius 1 is 0.441 bits per heavy atom. The molecule has 0 heterocycles. The normalized spacial score (nSPS) is 21.9. The molecule has 2 nitrogen and oxygen atoms in total. The standard InChI is InChI=1S/C32H20O2/c1-3-31(33)25-17-9-5-13-21(25)29(22-14-6-10-18-26(22)31)30-23-15-7-11-19-27(23)32(34,4-2)28-20-12-8-16-24(28)30/h1-2,5-20,33-34H. The van der Waals surface area contributed by atoms with Crippen LogP contribution in [0.4, 0.5) is 0 Å². The van der Waals surface area contributed by atoms with Crippen LogP contribution >= 0.6 is 0 Å². The van der Waals surface area contributed by atoms with Gasteiger partial charge in [-0.05, 0) is 33.4 Å². The molecular weight excluding hydrogens is 416 g/mol. The second-order valence-electron chi connectivity index (χ2n) is 8.64. The van der Waals surface area contributed by atoms with Crippen molar-refractivity contribution < 1.29 is 10.2 Å². The predicted molar refractivity (Wildman–Crippen MR) is 134 cm³/mol. The third-order valence-corrected chi connectivity index (χ3v) is 7.01. The van der Waals surface area contributed by atoms with E-state index in [0.717, 1.165) is 33.4 Å². The van der Waals surface area contributed by atoms with E-state index in [0.29, 0.717) is 22.3 Å². The van der Waals surface area contributed by atoms with Crippen LogP contribution in [0.1, 0.15) is 44.5 Å². The number of terminal acetylenes is 2. The molecule has 0 aliphatic heterocycles. The summed E-state index contributed by atoms with van der Waals surface area (Å²) in [7, 11) is 0. The summed E-state index contributed by atoms with van der Waals surface area (Å²) in [6, 6.07) is 30.8. The molecule has 2 heteroatoms. The molecule has 34 heavy (non-hydrogen) atoms. The minimum atomic E-state index is -1.55. The lowest BCUT2D eigenvalue weighted by atomic mass is 9.66. The summed E-state index contributed by atoms with van der Waals surface area (Å²) in [4.78, 5) is 0. The lowest BCUT2D eigenvalue weighted by molar-refractivity contribution is 0.142. The fourth-order valence-corrected chi connectivity index (χ4v) is 5.50. The SMILES string of the molecule is C#CC1(O)c2ccccc2C(=C2c3ccccc3C(O)(C#C)c3ccccc32)c2ccccc21. The monoisotopic (exact) mass is 436 g/mol. The van der Waals surface area contributed by atoms with Gasteiger partial charge in [0.15, 0.2) is 11.2 Å². The van der Waals surface area contributed by atoms with E-state index in [1.807, 2.05) is 97.1 Å². The van der Waals surface area contributed by atoms with Gasteiger partial charge in [-0.15, -0.1) is 12.8 Å². The second kappa shape index (κ2) is 7.08. The Morgan fingerprint density at radius 3 is 0.912 bits per heavy atom. The van der Waals surface area contributed by atoms with Crippen LogP contribution in [-0.2, 0) is 11.2 Å². The molecule has 160 valence electrons. The lowest BCUT2D eigenvalue weighted by Gasteiger charge is -2.39. The highest BCUT2D eigenvalue weighted by atomic mass is 16.3. The molecule has 0 unspecified atom stereocenters. The molecule has 4 aromatic rings. The van der Waals surface area contributed by atoms with E-state index in [9.17, 15) is 10.2 Å². The maximum atomic E-state index is 11.7. The quantitative estimate of drug-likeness (QED) is 0.379. The Morgan fingerprint density at radius 2 is 0.676 bits per heavy atom. The number of benzene rings is 4. The van der Waals surface area contributed by atoms with Crippen LogP contribution in [-0.4, -0.2) is 10.2 Å². The molecule has 0 aromatic heterocycles. The molecule has 0 bridgehead atoms. The smallest absolute Gasteiger partial charge is 0.177 e. The first-order chi connectivity index (χ1) is 16.5. The molecule has 2 aliphatic rings. The topological polar surface area (TPSA) is 40.5 Å². The van der Waals surface area contributed by atoms with Crippen molar-refractivity contribution in [3.05, 3.63) is 142 Å². The summed E-state index contributed by atoms with van der Waals surface area (Å²) in [6.45, 7) is 0. The van der Waals surface area contributed by atoms with E-state index in [1.165, 1.54) is 0 Å². The summed E-state index contributed by atoms with van der Waals surface area (Å²) >= 11 is 0. The van der Waals surface area contributed by atoms with Crippen LogP contribution in [0, 0.1) is 24.7 Å². The Kier molecular flexibility index (Phi) is 4.22. The Labute approximate surface area is 198 Å². The van der Waals surface area contributed by atoms with Gasteiger partial charge in [0.2, 0.25) is 0 Å². The Hall–Kier alpha value is -4.34. The molecule has 0 atom stereocenters. The van der Waals surface area contributed by atoms with Gasteiger partial charge in [0.25, 0.3) is 0 Å². The Balaban J connectivity index is 1.85. The number of fused-ring (bicyclic) bond motifs is 4. The zero-order valence-corrected chi connectivity index (χ0v) is 18.3. The van der Waals surface area contributed by atoms with Gasteiger partial charge in [0.05, 0.1) is 0 Å². The number of aliphatic hydroxyl groups is 2. The largest absolute Gasteiger partial charge is 0.369 e. The summed E-state index contributed by atoms with van der Waals surface area (Å²) in [6.07, 6.45) is 11.9. The number of hydrogen-bond donors (Lipinski definition) is 2. The molecule has 0 saturated heterocycles. The van der Waals surface area contributed by atoms with E-state index >= 15 is 0 Å². The van der Waals surface area contributed by atoms with Gasteiger partial charge in [0.1, 0.15) is 0 Å². The van der Waals surface area contributed by atoms with E-state index in [1.54, 1.807) is 0 Å². The van der Waals surface area contributed by atoms with Crippen LogP contribution in [0.3, 0.4) is 0 Å². The average Bonchev–Trinajstić information content (AvgIpc) is 2.90. The van der Waals surface area contributed by atoms with Gasteiger partial charge in [0, 0.05) is 22.3 Å². The molecule has 2 N–H and O–H groups in total. The lowest BCUT2D eigenvalue weighted by Crippen LogP contribution is -2.33. The molecule has 0 spiro atoms. The van der Waals surface area contributed by atoms with Gasteiger partial charge in [-0.1, -0.05) is 109 Å². The highest BCUT2D eigenvalue weighted by Crippen LogP contribution is 2.53. The molecule has 2 aliphatic carbocycles. The van der Waals surface area contributed by atoms with Crippen molar-refractivity contribution in [2.45, 2.75) is 11.2 Å². The van der Waals surface area contributed by atoms with Gasteiger partial charge < -0.3 is 10.2 Å². The van der Waals surface area contributed by atoms with Gasteiger partial charge in [-0.25, -0.2) is 0 Å². The third-order valence-electron chi connectivity index (χ3n) is 7.01. The first-order valence-electron chi connectivity index (χ1n) is 11.1. The maximum absolute atomic E-state index is 11.7. The minimum Gasteiger partial charge on any atom is -0.369 e. The van der Waals surface area contributed by atoms with Gasteiger partial charge in [-0.2, -0.15) is 0 Å². The summed E-state index contributed by atoms with van der Waals surface area (Å²) in [5.41, 5.74) is 4.85. The van der Waals surface area contributed by atoms with Crippen molar-refractivity contribution in [3.8, 4) is 24.7 Å². The summed E-state index contributed by atoms with van der Waals surface area (Å²) < 4.78 is 0. The summed E-state index contributed by atoms with van der Waals surface area (Å²) in [5.74, 6) is 5.29. The van der Waals surface area contributed by atoms with Crippen molar-refractivity contribution in [3.63, 3.8) is 0 Å². The number of rotatable bonds is 0. The van der Waals surface area contributed by atoms with E-state index < -0.39 is 11.2 Å². The van der Waals surface area contributed by atoms with Crippen LogP contribution in [0.15, 0.2) is 97.1 Å². The van der Waals surface area contributed by atoms with Crippen LogP contribution in [0.5, 0.6) is 0 Å². The second-order valence-corrected chi connectivity index (χ2v) is 8.64. The highest BCUT2D eigenvalue weighted by Gasteiger charge is 2.44. The molecule has 0 fully saturated rings. The van der Waals surface area contributed by atoms with Crippen LogP contribution in [0.25, 0.3) is 11.1 Å².